The van der Waals surface area contributed by atoms with Gasteiger partial charge in [-0.3, -0.25) is 0 Å². The Bertz CT molecular complexity index is 828. The molecule has 1 heterocycles. The first-order chi connectivity index (χ1) is 9.54. The summed E-state index contributed by atoms with van der Waals surface area (Å²) in [4.78, 5) is 15.0. The van der Waals surface area contributed by atoms with Gasteiger partial charge in [0, 0.05) is 5.56 Å². The van der Waals surface area contributed by atoms with Crippen molar-refractivity contribution in [1.29, 1.82) is 0 Å². The third-order valence-corrected chi connectivity index (χ3v) is 3.11. The topological polar surface area (TPSA) is 63.3 Å². The van der Waals surface area contributed by atoms with Crippen LogP contribution in [0.4, 0.5) is 4.39 Å². The molecule has 2 aromatic carbocycles. The molecule has 0 aliphatic rings. The Morgan fingerprint density at radius 2 is 2.05 bits per heavy atom. The zero-order chi connectivity index (χ0) is 14.3. The summed E-state index contributed by atoms with van der Waals surface area (Å²) >= 11 is 5.61. The average Bonchev–Trinajstić information content (AvgIpc) is 2.84. The van der Waals surface area contributed by atoms with Crippen molar-refractivity contribution in [3.63, 3.8) is 0 Å². The van der Waals surface area contributed by atoms with E-state index >= 15 is 0 Å². The molecule has 100 valence electrons. The van der Waals surface area contributed by atoms with Gasteiger partial charge in [0.1, 0.15) is 11.3 Å². The second kappa shape index (κ2) is 4.61. The number of aromatic carboxylic acids is 1. The molecule has 0 aliphatic heterocycles. The number of rotatable bonds is 2. The van der Waals surface area contributed by atoms with Gasteiger partial charge in [-0.1, -0.05) is 11.6 Å². The van der Waals surface area contributed by atoms with Crippen LogP contribution in [0.3, 0.4) is 0 Å². The Labute approximate surface area is 117 Å². The molecule has 0 unspecified atom stereocenters. The van der Waals surface area contributed by atoms with Crippen molar-refractivity contribution in [2.75, 3.05) is 0 Å². The Hall–Kier alpha value is -2.40. The fourth-order valence-electron chi connectivity index (χ4n) is 1.81. The lowest BCUT2D eigenvalue weighted by Gasteiger charge is -1.96. The fourth-order valence-corrected chi connectivity index (χ4v) is 1.93. The summed E-state index contributed by atoms with van der Waals surface area (Å²) in [6, 6.07) is 8.53. The number of fused-ring (bicyclic) bond motifs is 1. The minimum absolute atomic E-state index is 0.0121. The van der Waals surface area contributed by atoms with Crippen molar-refractivity contribution in [2.45, 2.75) is 0 Å². The lowest BCUT2D eigenvalue weighted by atomic mass is 10.2. The van der Waals surface area contributed by atoms with Crippen molar-refractivity contribution in [2.24, 2.45) is 0 Å². The van der Waals surface area contributed by atoms with Gasteiger partial charge in [-0.25, -0.2) is 14.2 Å². The quantitative estimate of drug-likeness (QED) is 0.775. The Kier molecular flexibility index (Phi) is 2.91. The SMILES string of the molecule is O=C(O)c1ccc2oc(-c3ccc(Cl)c(F)c3)nc2c1. The second-order valence-corrected chi connectivity index (χ2v) is 4.54. The monoisotopic (exact) mass is 291 g/mol. The Morgan fingerprint density at radius 1 is 1.25 bits per heavy atom. The number of hydrogen-bond acceptors (Lipinski definition) is 3. The van der Waals surface area contributed by atoms with Crippen LogP contribution in [0.5, 0.6) is 0 Å². The van der Waals surface area contributed by atoms with Gasteiger partial charge in [0.15, 0.2) is 5.58 Å². The minimum atomic E-state index is -1.05. The number of benzene rings is 2. The maximum atomic E-state index is 13.4. The predicted octanol–water partition coefficient (Wildman–Crippen LogP) is 3.99. The molecular weight excluding hydrogens is 285 g/mol. The number of aromatic nitrogens is 1. The van der Waals surface area contributed by atoms with E-state index in [-0.39, 0.29) is 16.5 Å². The molecular formula is C14H7ClFNO3. The van der Waals surface area contributed by atoms with Crippen LogP contribution in [0.1, 0.15) is 10.4 Å². The van der Waals surface area contributed by atoms with Crippen molar-refractivity contribution >= 4 is 28.7 Å². The Morgan fingerprint density at radius 3 is 2.75 bits per heavy atom. The fraction of sp³-hybridized carbons (Fsp3) is 0. The van der Waals surface area contributed by atoms with Gasteiger partial charge >= 0.3 is 5.97 Å². The molecule has 0 saturated carbocycles. The molecule has 20 heavy (non-hydrogen) atoms. The molecule has 0 aliphatic carbocycles. The maximum absolute atomic E-state index is 13.4. The van der Waals surface area contributed by atoms with Gasteiger partial charge in [-0.15, -0.1) is 0 Å². The largest absolute Gasteiger partial charge is 0.478 e. The van der Waals surface area contributed by atoms with E-state index in [0.717, 1.165) is 0 Å². The highest BCUT2D eigenvalue weighted by Crippen LogP contribution is 2.27. The van der Waals surface area contributed by atoms with Gasteiger partial charge in [0.25, 0.3) is 0 Å². The van der Waals surface area contributed by atoms with E-state index in [1.807, 2.05) is 0 Å². The number of hydrogen-bond donors (Lipinski definition) is 1. The van der Waals surface area contributed by atoms with Crippen LogP contribution in [-0.2, 0) is 0 Å². The normalized spacial score (nSPS) is 10.9. The molecule has 0 spiro atoms. The van der Waals surface area contributed by atoms with Crippen molar-refractivity contribution < 1.29 is 18.7 Å². The van der Waals surface area contributed by atoms with Crippen molar-refractivity contribution in [3.05, 3.63) is 52.8 Å². The van der Waals surface area contributed by atoms with E-state index in [0.29, 0.717) is 16.7 Å². The Balaban J connectivity index is 2.12. The highest BCUT2D eigenvalue weighted by Gasteiger charge is 2.12. The van der Waals surface area contributed by atoms with E-state index in [1.165, 1.54) is 30.3 Å². The summed E-state index contributed by atoms with van der Waals surface area (Å²) in [5.41, 5.74) is 1.37. The number of oxazole rings is 1. The molecule has 0 amide bonds. The second-order valence-electron chi connectivity index (χ2n) is 4.14. The third kappa shape index (κ3) is 2.12. The maximum Gasteiger partial charge on any atom is 0.335 e. The molecule has 0 radical (unpaired) electrons. The van der Waals surface area contributed by atoms with E-state index in [1.54, 1.807) is 6.07 Å². The van der Waals surface area contributed by atoms with Gasteiger partial charge in [0.05, 0.1) is 10.6 Å². The first kappa shape index (κ1) is 12.6. The van der Waals surface area contributed by atoms with Crippen LogP contribution in [0.25, 0.3) is 22.6 Å². The summed E-state index contributed by atoms with van der Waals surface area (Å²) in [5, 5.41) is 8.92. The first-order valence-corrected chi connectivity index (χ1v) is 6.02. The molecule has 6 heteroatoms. The molecule has 0 atom stereocenters. The van der Waals surface area contributed by atoms with Gasteiger partial charge in [0.2, 0.25) is 5.89 Å². The summed E-state index contributed by atoms with van der Waals surface area (Å²) < 4.78 is 18.9. The molecule has 1 N–H and O–H groups in total. The standard InChI is InChI=1S/C14H7ClFNO3/c15-9-3-1-7(5-10(9)16)13-17-11-6-8(14(18)19)2-4-12(11)20-13/h1-6H,(H,18,19). The van der Waals surface area contributed by atoms with Crippen molar-refractivity contribution in [3.8, 4) is 11.5 Å². The molecule has 0 saturated heterocycles. The van der Waals surface area contributed by atoms with Gasteiger partial charge < -0.3 is 9.52 Å². The van der Waals surface area contributed by atoms with Crippen molar-refractivity contribution in [1.82, 2.24) is 4.98 Å². The molecule has 4 nitrogen and oxygen atoms in total. The molecule has 3 rings (SSSR count). The number of carbonyl (C=O) groups is 1. The summed E-state index contributed by atoms with van der Waals surface area (Å²) in [6.07, 6.45) is 0. The summed E-state index contributed by atoms with van der Waals surface area (Å²) in [7, 11) is 0. The van der Waals surface area contributed by atoms with Crippen LogP contribution in [0, 0.1) is 5.82 Å². The van der Waals surface area contributed by atoms with E-state index in [2.05, 4.69) is 4.98 Å². The molecule has 0 fully saturated rings. The summed E-state index contributed by atoms with van der Waals surface area (Å²) in [6.45, 7) is 0. The van der Waals surface area contributed by atoms with E-state index in [9.17, 15) is 9.18 Å². The number of carboxylic acid groups (broad SMARTS) is 1. The highest BCUT2D eigenvalue weighted by molar-refractivity contribution is 6.30. The number of carboxylic acids is 1. The smallest absolute Gasteiger partial charge is 0.335 e. The first-order valence-electron chi connectivity index (χ1n) is 5.64. The molecule has 3 aromatic rings. The van der Waals surface area contributed by atoms with E-state index < -0.39 is 11.8 Å². The van der Waals surface area contributed by atoms with Crippen LogP contribution in [0.2, 0.25) is 5.02 Å². The van der Waals surface area contributed by atoms with Crippen LogP contribution < -0.4 is 0 Å². The lowest BCUT2D eigenvalue weighted by Crippen LogP contribution is -1.94. The highest BCUT2D eigenvalue weighted by atomic mass is 35.5. The minimum Gasteiger partial charge on any atom is -0.478 e. The molecule has 1 aromatic heterocycles. The van der Waals surface area contributed by atoms with E-state index in [4.69, 9.17) is 21.1 Å². The predicted molar refractivity (Wildman–Crippen MR) is 71.4 cm³/mol. The van der Waals surface area contributed by atoms with Crippen LogP contribution in [0.15, 0.2) is 40.8 Å². The van der Waals surface area contributed by atoms with Crippen LogP contribution in [-0.4, -0.2) is 16.1 Å². The number of nitrogens with zero attached hydrogens (tertiary/aromatic N) is 1. The zero-order valence-corrected chi connectivity index (χ0v) is 10.7. The van der Waals surface area contributed by atoms with Gasteiger partial charge in [-0.05, 0) is 36.4 Å². The average molecular weight is 292 g/mol. The summed E-state index contributed by atoms with van der Waals surface area (Å²) in [5.74, 6) is -1.41. The third-order valence-electron chi connectivity index (χ3n) is 2.80. The molecule has 0 bridgehead atoms. The lowest BCUT2D eigenvalue weighted by molar-refractivity contribution is 0.0697. The zero-order valence-electron chi connectivity index (χ0n) is 9.93. The van der Waals surface area contributed by atoms with Gasteiger partial charge in [-0.2, -0.15) is 0 Å². The number of halogens is 2. The van der Waals surface area contributed by atoms with Crippen LogP contribution >= 0.6 is 11.6 Å².